The van der Waals surface area contributed by atoms with Crippen LogP contribution in [0.1, 0.15) is 51.0 Å². The highest BCUT2D eigenvalue weighted by Gasteiger charge is 2.34. The summed E-state index contributed by atoms with van der Waals surface area (Å²) in [5.41, 5.74) is 1.26. The number of carbonyl (C=O) groups excluding carboxylic acids is 2. The molecule has 0 radical (unpaired) electrons. The fourth-order valence-corrected chi connectivity index (χ4v) is 4.11. The van der Waals surface area contributed by atoms with E-state index in [-0.39, 0.29) is 10.7 Å². The van der Waals surface area contributed by atoms with Gasteiger partial charge in [-0.2, -0.15) is 0 Å². The average Bonchev–Trinajstić information content (AvgIpc) is 2.78. The summed E-state index contributed by atoms with van der Waals surface area (Å²) >= 11 is 8.71. The van der Waals surface area contributed by atoms with Crippen LogP contribution in [0, 0.1) is 0 Å². The lowest BCUT2D eigenvalue weighted by Crippen LogP contribution is -2.54. The van der Waals surface area contributed by atoms with Crippen LogP contribution in [0.2, 0.25) is 0 Å². The van der Waals surface area contributed by atoms with Gasteiger partial charge in [0.15, 0.2) is 5.11 Å². The van der Waals surface area contributed by atoms with Crippen molar-refractivity contribution in [2.75, 3.05) is 11.5 Å². The van der Waals surface area contributed by atoms with E-state index in [1.165, 1.54) is 30.6 Å². The van der Waals surface area contributed by atoms with Crippen LogP contribution >= 0.6 is 28.1 Å². The van der Waals surface area contributed by atoms with E-state index in [0.29, 0.717) is 23.6 Å². The van der Waals surface area contributed by atoms with E-state index in [4.69, 9.17) is 17.0 Å². The molecule has 1 heterocycles. The number of benzene rings is 2. The third-order valence-corrected chi connectivity index (χ3v) is 5.92. The molecule has 5 nitrogen and oxygen atoms in total. The van der Waals surface area contributed by atoms with Crippen LogP contribution < -0.4 is 15.0 Å². The number of thiocarbonyl (C=S) groups is 1. The van der Waals surface area contributed by atoms with Crippen LogP contribution in [0.4, 0.5) is 5.69 Å². The highest BCUT2D eigenvalue weighted by molar-refractivity contribution is 9.10. The van der Waals surface area contributed by atoms with E-state index < -0.39 is 11.8 Å². The number of para-hydroxylation sites is 1. The van der Waals surface area contributed by atoms with Crippen LogP contribution in [0.5, 0.6) is 5.75 Å². The number of hydrogen-bond acceptors (Lipinski definition) is 4. The Morgan fingerprint density at radius 1 is 1.03 bits per heavy atom. The molecule has 1 N–H and O–H groups in total. The van der Waals surface area contributed by atoms with Gasteiger partial charge in [0.2, 0.25) is 0 Å². The summed E-state index contributed by atoms with van der Waals surface area (Å²) < 4.78 is 6.82. The van der Waals surface area contributed by atoms with E-state index in [1.807, 2.05) is 36.4 Å². The predicted octanol–water partition coefficient (Wildman–Crippen LogP) is 6.02. The van der Waals surface area contributed by atoms with Crippen molar-refractivity contribution in [2.24, 2.45) is 0 Å². The molecule has 32 heavy (non-hydrogen) atoms. The molecule has 168 valence electrons. The van der Waals surface area contributed by atoms with Gasteiger partial charge < -0.3 is 4.74 Å². The Morgan fingerprint density at radius 2 is 1.75 bits per heavy atom. The summed E-state index contributed by atoms with van der Waals surface area (Å²) in [6.45, 7) is 2.79. The van der Waals surface area contributed by atoms with Crippen molar-refractivity contribution < 1.29 is 14.3 Å². The first-order valence-electron chi connectivity index (χ1n) is 10.9. The molecule has 2 amide bonds. The molecule has 2 aromatic rings. The van der Waals surface area contributed by atoms with Crippen molar-refractivity contribution in [2.45, 2.75) is 45.4 Å². The van der Waals surface area contributed by atoms with E-state index in [1.54, 1.807) is 18.2 Å². The number of ether oxygens (including phenoxy) is 1. The van der Waals surface area contributed by atoms with Crippen molar-refractivity contribution in [3.05, 3.63) is 64.1 Å². The zero-order valence-corrected chi connectivity index (χ0v) is 20.5. The molecule has 0 bridgehead atoms. The van der Waals surface area contributed by atoms with Gasteiger partial charge in [-0.05, 0) is 55.0 Å². The van der Waals surface area contributed by atoms with E-state index in [9.17, 15) is 9.59 Å². The molecule has 7 heteroatoms. The number of rotatable bonds is 10. The number of unbranched alkanes of at least 4 members (excludes halogenated alkanes) is 5. The Morgan fingerprint density at radius 3 is 2.50 bits per heavy atom. The van der Waals surface area contributed by atoms with Crippen molar-refractivity contribution in [1.29, 1.82) is 0 Å². The molecule has 1 saturated heterocycles. The van der Waals surface area contributed by atoms with Gasteiger partial charge in [-0.1, -0.05) is 73.2 Å². The molecule has 0 saturated carbocycles. The molecule has 1 fully saturated rings. The molecular formula is C25H27BrN2O3S. The van der Waals surface area contributed by atoms with Crippen LogP contribution in [-0.4, -0.2) is 23.5 Å². The summed E-state index contributed by atoms with van der Waals surface area (Å²) in [5.74, 6) is -0.352. The van der Waals surface area contributed by atoms with Gasteiger partial charge in [-0.25, -0.2) is 0 Å². The van der Waals surface area contributed by atoms with Crippen LogP contribution in [-0.2, 0) is 9.59 Å². The summed E-state index contributed by atoms with van der Waals surface area (Å²) in [5, 5.41) is 2.68. The number of amides is 2. The lowest BCUT2D eigenvalue weighted by atomic mass is 10.1. The molecule has 0 aliphatic carbocycles. The summed E-state index contributed by atoms with van der Waals surface area (Å²) in [4.78, 5) is 27.1. The molecule has 2 aromatic carbocycles. The topological polar surface area (TPSA) is 58.6 Å². The van der Waals surface area contributed by atoms with Crippen LogP contribution in [0.3, 0.4) is 0 Å². The normalized spacial score (nSPS) is 15.2. The van der Waals surface area contributed by atoms with Crippen molar-refractivity contribution in [3.8, 4) is 5.75 Å². The minimum absolute atomic E-state index is 0.00460. The first kappa shape index (κ1) is 24.1. The molecule has 3 rings (SSSR count). The van der Waals surface area contributed by atoms with E-state index in [0.717, 1.165) is 17.3 Å². The van der Waals surface area contributed by atoms with Crippen molar-refractivity contribution in [3.63, 3.8) is 0 Å². The molecule has 0 spiro atoms. The summed E-state index contributed by atoms with van der Waals surface area (Å²) in [6.07, 6.45) is 8.61. The minimum atomic E-state index is -0.519. The Kier molecular flexibility index (Phi) is 9.00. The van der Waals surface area contributed by atoms with Crippen molar-refractivity contribution in [1.82, 2.24) is 5.32 Å². The minimum Gasteiger partial charge on any atom is -0.493 e. The SMILES string of the molecule is CCCCCCCCOc1ccc(Br)cc1/C=C1/C(=O)NC(=S)N(c2ccccc2)C1=O. The molecule has 1 aliphatic rings. The second kappa shape index (κ2) is 11.9. The van der Waals surface area contributed by atoms with Gasteiger partial charge >= 0.3 is 0 Å². The zero-order chi connectivity index (χ0) is 22.9. The predicted molar refractivity (Wildman–Crippen MR) is 136 cm³/mol. The van der Waals surface area contributed by atoms with Gasteiger partial charge in [-0.3, -0.25) is 19.8 Å². The lowest BCUT2D eigenvalue weighted by molar-refractivity contribution is -0.122. The highest BCUT2D eigenvalue weighted by atomic mass is 79.9. The maximum atomic E-state index is 13.2. The first-order chi connectivity index (χ1) is 15.5. The Labute approximate surface area is 203 Å². The monoisotopic (exact) mass is 514 g/mol. The quantitative estimate of drug-likeness (QED) is 0.182. The Hall–Kier alpha value is -2.51. The smallest absolute Gasteiger partial charge is 0.270 e. The van der Waals surface area contributed by atoms with E-state index in [2.05, 4.69) is 28.2 Å². The Balaban J connectivity index is 1.78. The summed E-state index contributed by atoms with van der Waals surface area (Å²) in [6, 6.07) is 14.6. The third-order valence-electron chi connectivity index (χ3n) is 5.14. The van der Waals surface area contributed by atoms with Gasteiger partial charge in [0.25, 0.3) is 11.8 Å². The number of nitrogens with zero attached hydrogens (tertiary/aromatic N) is 1. The number of carbonyl (C=O) groups is 2. The lowest BCUT2D eigenvalue weighted by Gasteiger charge is -2.29. The molecule has 0 atom stereocenters. The van der Waals surface area contributed by atoms with Crippen LogP contribution in [0.25, 0.3) is 6.08 Å². The van der Waals surface area contributed by atoms with Crippen LogP contribution in [0.15, 0.2) is 58.6 Å². The second-order valence-corrected chi connectivity index (χ2v) is 8.89. The standard InChI is InChI=1S/C25H27BrN2O3S/c1-2-3-4-5-6-10-15-31-22-14-13-19(26)16-18(22)17-21-23(29)27-25(32)28(24(21)30)20-11-8-7-9-12-20/h7-9,11-14,16-17H,2-6,10,15H2,1H3,(H,27,29,32)/b21-17-. The fourth-order valence-electron chi connectivity index (χ4n) is 3.45. The molecule has 0 unspecified atom stereocenters. The van der Waals surface area contributed by atoms with Gasteiger partial charge in [-0.15, -0.1) is 0 Å². The largest absolute Gasteiger partial charge is 0.493 e. The van der Waals surface area contributed by atoms with E-state index >= 15 is 0 Å². The van der Waals surface area contributed by atoms with Gasteiger partial charge in [0.05, 0.1) is 12.3 Å². The molecular weight excluding hydrogens is 488 g/mol. The highest BCUT2D eigenvalue weighted by Crippen LogP contribution is 2.28. The first-order valence-corrected chi connectivity index (χ1v) is 12.1. The van der Waals surface area contributed by atoms with Crippen molar-refractivity contribution >= 4 is 56.8 Å². The number of hydrogen-bond donors (Lipinski definition) is 1. The zero-order valence-electron chi connectivity index (χ0n) is 18.1. The Bertz CT molecular complexity index is 1010. The fraction of sp³-hybridized carbons (Fsp3) is 0.320. The number of nitrogens with one attached hydrogen (secondary N) is 1. The molecule has 1 aliphatic heterocycles. The molecule has 0 aromatic heterocycles. The second-order valence-electron chi connectivity index (χ2n) is 7.59. The average molecular weight is 515 g/mol. The number of halogens is 1. The van der Waals surface area contributed by atoms with Gasteiger partial charge in [0.1, 0.15) is 11.3 Å². The number of anilines is 1. The maximum absolute atomic E-state index is 13.2. The third kappa shape index (κ3) is 6.26. The van der Waals surface area contributed by atoms with Gasteiger partial charge in [0, 0.05) is 10.0 Å². The summed E-state index contributed by atoms with van der Waals surface area (Å²) in [7, 11) is 0. The maximum Gasteiger partial charge on any atom is 0.270 e.